The predicted octanol–water partition coefficient (Wildman–Crippen LogP) is -0.234. The molecule has 0 aliphatic carbocycles. The van der Waals surface area contributed by atoms with E-state index < -0.39 is 24.6 Å². The summed E-state index contributed by atoms with van der Waals surface area (Å²) < 4.78 is 4.28. The van der Waals surface area contributed by atoms with Crippen LogP contribution in [0.5, 0.6) is 0 Å². The molecule has 0 spiro atoms. The van der Waals surface area contributed by atoms with Crippen LogP contribution in [0.4, 0.5) is 0 Å². The lowest BCUT2D eigenvalue weighted by Gasteiger charge is -2.07. The Morgan fingerprint density at radius 1 is 1.29 bits per heavy atom. The van der Waals surface area contributed by atoms with Crippen LogP contribution in [0.2, 0.25) is 0 Å². The van der Waals surface area contributed by atoms with E-state index in [4.69, 9.17) is 10.2 Å². The van der Waals surface area contributed by atoms with Crippen molar-refractivity contribution in [3.05, 3.63) is 11.1 Å². The average Bonchev–Trinajstić information content (AvgIpc) is 2.14. The SMILES string of the molecule is CC(C)=C(C)C(=O)OC(=O)C(O)CO. The molecule has 0 fully saturated rings. The molecule has 5 nitrogen and oxygen atoms in total. The van der Waals surface area contributed by atoms with Gasteiger partial charge in [0.05, 0.1) is 6.61 Å². The summed E-state index contributed by atoms with van der Waals surface area (Å²) in [6, 6.07) is 0. The summed E-state index contributed by atoms with van der Waals surface area (Å²) >= 11 is 0. The molecule has 0 saturated carbocycles. The standard InChI is InChI=1S/C9H14O5/c1-5(2)6(3)8(12)14-9(13)7(11)4-10/h7,10-11H,4H2,1-3H3. The number of ether oxygens (including phenoxy) is 1. The molecule has 0 amide bonds. The van der Waals surface area contributed by atoms with Crippen molar-refractivity contribution < 1.29 is 24.5 Å². The Morgan fingerprint density at radius 3 is 2.14 bits per heavy atom. The maximum atomic E-state index is 11.1. The lowest BCUT2D eigenvalue weighted by molar-refractivity contribution is -0.164. The Kier molecular flexibility index (Phi) is 5.04. The lowest BCUT2D eigenvalue weighted by Crippen LogP contribution is -2.29. The normalized spacial score (nSPS) is 11.8. The van der Waals surface area contributed by atoms with E-state index in [0.717, 1.165) is 5.57 Å². The molecule has 0 bridgehead atoms. The minimum Gasteiger partial charge on any atom is -0.393 e. The van der Waals surface area contributed by atoms with Gasteiger partial charge in [-0.05, 0) is 20.8 Å². The van der Waals surface area contributed by atoms with Crippen molar-refractivity contribution in [2.45, 2.75) is 26.9 Å². The number of allylic oxidation sites excluding steroid dienone is 1. The molecule has 80 valence electrons. The van der Waals surface area contributed by atoms with E-state index in [1.54, 1.807) is 13.8 Å². The largest absolute Gasteiger partial charge is 0.393 e. The van der Waals surface area contributed by atoms with Crippen LogP contribution in [-0.2, 0) is 14.3 Å². The van der Waals surface area contributed by atoms with E-state index in [0.29, 0.717) is 5.57 Å². The Hall–Kier alpha value is -1.20. The van der Waals surface area contributed by atoms with Crippen LogP contribution in [0.15, 0.2) is 11.1 Å². The number of aliphatic hydroxyl groups excluding tert-OH is 2. The van der Waals surface area contributed by atoms with E-state index in [1.165, 1.54) is 6.92 Å². The van der Waals surface area contributed by atoms with Gasteiger partial charge in [-0.25, -0.2) is 9.59 Å². The highest BCUT2D eigenvalue weighted by Crippen LogP contribution is 2.04. The smallest absolute Gasteiger partial charge is 0.345 e. The van der Waals surface area contributed by atoms with E-state index >= 15 is 0 Å². The maximum absolute atomic E-state index is 11.1. The molecule has 0 aliphatic rings. The van der Waals surface area contributed by atoms with E-state index in [2.05, 4.69) is 4.74 Å². The van der Waals surface area contributed by atoms with Gasteiger partial charge < -0.3 is 14.9 Å². The third kappa shape index (κ3) is 3.68. The van der Waals surface area contributed by atoms with E-state index in [-0.39, 0.29) is 0 Å². The molecule has 5 heteroatoms. The fourth-order valence-electron chi connectivity index (χ4n) is 0.515. The number of aliphatic hydroxyl groups is 2. The second-order valence-electron chi connectivity index (χ2n) is 3.03. The Labute approximate surface area is 82.0 Å². The fourth-order valence-corrected chi connectivity index (χ4v) is 0.515. The summed E-state index contributed by atoms with van der Waals surface area (Å²) in [5, 5.41) is 17.2. The third-order valence-electron chi connectivity index (χ3n) is 1.69. The third-order valence-corrected chi connectivity index (χ3v) is 1.69. The lowest BCUT2D eigenvalue weighted by atomic mass is 10.2. The molecule has 0 saturated heterocycles. The number of esters is 2. The zero-order valence-electron chi connectivity index (χ0n) is 8.40. The first-order chi connectivity index (χ1) is 6.40. The summed E-state index contributed by atoms with van der Waals surface area (Å²) in [6.07, 6.45) is -1.66. The van der Waals surface area contributed by atoms with Gasteiger partial charge in [-0.15, -0.1) is 0 Å². The summed E-state index contributed by atoms with van der Waals surface area (Å²) in [5.41, 5.74) is 1.03. The van der Waals surface area contributed by atoms with Gasteiger partial charge in [0.15, 0.2) is 6.10 Å². The molecule has 0 aliphatic heterocycles. The summed E-state index contributed by atoms with van der Waals surface area (Å²) in [4.78, 5) is 22.0. The number of hydrogen-bond donors (Lipinski definition) is 2. The van der Waals surface area contributed by atoms with Crippen LogP contribution < -0.4 is 0 Å². The number of rotatable bonds is 3. The number of carbonyl (C=O) groups excluding carboxylic acids is 2. The van der Waals surface area contributed by atoms with Crippen molar-refractivity contribution >= 4 is 11.9 Å². The first kappa shape index (κ1) is 12.8. The maximum Gasteiger partial charge on any atom is 0.345 e. The number of carbonyl (C=O) groups is 2. The zero-order valence-corrected chi connectivity index (χ0v) is 8.40. The second-order valence-corrected chi connectivity index (χ2v) is 3.03. The highest BCUT2D eigenvalue weighted by Gasteiger charge is 2.20. The summed E-state index contributed by atoms with van der Waals surface area (Å²) in [7, 11) is 0. The van der Waals surface area contributed by atoms with E-state index in [9.17, 15) is 9.59 Å². The Morgan fingerprint density at radius 2 is 1.79 bits per heavy atom. The average molecular weight is 202 g/mol. The molecular weight excluding hydrogens is 188 g/mol. The molecular formula is C9H14O5. The van der Waals surface area contributed by atoms with Gasteiger partial charge in [0.2, 0.25) is 0 Å². The van der Waals surface area contributed by atoms with Crippen LogP contribution in [0, 0.1) is 0 Å². The molecule has 0 heterocycles. The highest BCUT2D eigenvalue weighted by atomic mass is 16.6. The minimum absolute atomic E-state index is 0.309. The topological polar surface area (TPSA) is 83.8 Å². The molecule has 1 unspecified atom stereocenters. The van der Waals surface area contributed by atoms with Crippen LogP contribution in [0.3, 0.4) is 0 Å². The fraction of sp³-hybridized carbons (Fsp3) is 0.556. The molecule has 0 rings (SSSR count). The molecule has 14 heavy (non-hydrogen) atoms. The van der Waals surface area contributed by atoms with Crippen molar-refractivity contribution in [3.63, 3.8) is 0 Å². The molecule has 0 aromatic heterocycles. The van der Waals surface area contributed by atoms with Crippen molar-refractivity contribution in [1.82, 2.24) is 0 Å². The molecule has 2 N–H and O–H groups in total. The molecule has 1 atom stereocenters. The Balaban J connectivity index is 4.35. The quantitative estimate of drug-likeness (QED) is 0.375. The van der Waals surface area contributed by atoms with Crippen molar-refractivity contribution in [1.29, 1.82) is 0 Å². The van der Waals surface area contributed by atoms with Crippen LogP contribution in [-0.4, -0.2) is 34.9 Å². The van der Waals surface area contributed by atoms with Gasteiger partial charge in [-0.2, -0.15) is 0 Å². The van der Waals surface area contributed by atoms with Gasteiger partial charge >= 0.3 is 11.9 Å². The molecule has 0 radical (unpaired) electrons. The minimum atomic E-state index is -1.66. The highest BCUT2D eigenvalue weighted by molar-refractivity contribution is 5.97. The van der Waals surface area contributed by atoms with Gasteiger partial charge in [-0.3, -0.25) is 0 Å². The first-order valence-electron chi connectivity index (χ1n) is 4.09. The second kappa shape index (κ2) is 5.51. The van der Waals surface area contributed by atoms with Crippen molar-refractivity contribution in [2.75, 3.05) is 6.61 Å². The van der Waals surface area contributed by atoms with Crippen molar-refractivity contribution in [2.24, 2.45) is 0 Å². The summed E-state index contributed by atoms with van der Waals surface area (Å²) in [6.45, 7) is 4.14. The van der Waals surface area contributed by atoms with Crippen LogP contribution in [0.25, 0.3) is 0 Å². The Bertz CT molecular complexity index is 262. The van der Waals surface area contributed by atoms with Gasteiger partial charge in [-0.1, -0.05) is 5.57 Å². The summed E-state index contributed by atoms with van der Waals surface area (Å²) in [5.74, 6) is -1.94. The number of hydrogen-bond acceptors (Lipinski definition) is 5. The molecule has 0 aromatic carbocycles. The monoisotopic (exact) mass is 202 g/mol. The van der Waals surface area contributed by atoms with Crippen LogP contribution >= 0.6 is 0 Å². The van der Waals surface area contributed by atoms with Gasteiger partial charge in [0.25, 0.3) is 0 Å². The zero-order chi connectivity index (χ0) is 11.3. The first-order valence-corrected chi connectivity index (χ1v) is 4.09. The molecule has 0 aromatic rings. The van der Waals surface area contributed by atoms with Gasteiger partial charge in [0.1, 0.15) is 0 Å². The van der Waals surface area contributed by atoms with Gasteiger partial charge in [0, 0.05) is 5.57 Å². The van der Waals surface area contributed by atoms with Crippen molar-refractivity contribution in [3.8, 4) is 0 Å². The van der Waals surface area contributed by atoms with E-state index in [1.807, 2.05) is 0 Å². The van der Waals surface area contributed by atoms with Crippen LogP contribution in [0.1, 0.15) is 20.8 Å². The predicted molar refractivity (Wildman–Crippen MR) is 48.2 cm³/mol.